The topological polar surface area (TPSA) is 125 Å². The molecule has 172 valence electrons. The minimum atomic E-state index is -0.479. The lowest BCUT2D eigenvalue weighted by Crippen LogP contribution is -2.26. The van der Waals surface area contributed by atoms with Crippen LogP contribution in [0.25, 0.3) is 17.1 Å². The number of rotatable bonds is 8. The molecule has 0 bridgehead atoms. The summed E-state index contributed by atoms with van der Waals surface area (Å²) in [6.07, 6.45) is 5.93. The van der Waals surface area contributed by atoms with Crippen LogP contribution in [-0.4, -0.2) is 36.7 Å². The second-order valence-electron chi connectivity index (χ2n) is 7.74. The van der Waals surface area contributed by atoms with Gasteiger partial charge in [0, 0.05) is 24.8 Å². The van der Waals surface area contributed by atoms with Crippen molar-refractivity contribution in [2.45, 2.75) is 20.0 Å². The van der Waals surface area contributed by atoms with E-state index in [4.69, 9.17) is 0 Å². The molecule has 10 nitrogen and oxygen atoms in total. The predicted molar refractivity (Wildman–Crippen MR) is 127 cm³/mol. The lowest BCUT2D eigenvalue weighted by Gasteiger charge is -2.07. The summed E-state index contributed by atoms with van der Waals surface area (Å²) in [7, 11) is 0. The van der Waals surface area contributed by atoms with Gasteiger partial charge in [-0.05, 0) is 36.3 Å². The molecule has 10 heteroatoms. The quantitative estimate of drug-likeness (QED) is 0.246. The Morgan fingerprint density at radius 3 is 2.74 bits per heavy atom. The van der Waals surface area contributed by atoms with Crippen LogP contribution in [0.3, 0.4) is 0 Å². The first-order valence-electron chi connectivity index (χ1n) is 10.6. The number of hydrogen-bond donors (Lipinski definition) is 1. The number of carbonyl (C=O) groups excluding carboxylic acids is 1. The molecule has 0 saturated heterocycles. The van der Waals surface area contributed by atoms with Gasteiger partial charge in [0.15, 0.2) is 5.65 Å². The average molecular weight is 458 g/mol. The summed E-state index contributed by atoms with van der Waals surface area (Å²) in [6.45, 7) is 3.05. The van der Waals surface area contributed by atoms with Crippen LogP contribution in [0, 0.1) is 17.0 Å². The monoisotopic (exact) mass is 458 g/mol. The van der Waals surface area contributed by atoms with E-state index >= 15 is 0 Å². The molecule has 0 fully saturated rings. The zero-order valence-electron chi connectivity index (χ0n) is 18.4. The highest BCUT2D eigenvalue weighted by Crippen LogP contribution is 2.13. The number of nitro groups is 1. The first kappa shape index (κ1) is 22.6. The summed E-state index contributed by atoms with van der Waals surface area (Å²) < 4.78 is 3.13. The van der Waals surface area contributed by atoms with E-state index in [9.17, 15) is 19.7 Å². The highest BCUT2D eigenvalue weighted by molar-refractivity contribution is 5.91. The second-order valence-corrected chi connectivity index (χ2v) is 7.74. The molecule has 1 amide bonds. The Kier molecular flexibility index (Phi) is 6.58. The van der Waals surface area contributed by atoms with Gasteiger partial charge in [0.05, 0.1) is 24.2 Å². The maximum atomic E-state index is 12.8. The van der Waals surface area contributed by atoms with E-state index in [1.807, 2.05) is 31.2 Å². The van der Waals surface area contributed by atoms with Gasteiger partial charge in [0.25, 0.3) is 11.2 Å². The van der Waals surface area contributed by atoms with Crippen LogP contribution < -0.4 is 10.9 Å². The second kappa shape index (κ2) is 9.90. The summed E-state index contributed by atoms with van der Waals surface area (Å²) in [5.74, 6) is -0.316. The van der Waals surface area contributed by atoms with E-state index in [0.717, 1.165) is 11.1 Å². The number of nitrogens with one attached hydrogen (secondary N) is 1. The zero-order valence-corrected chi connectivity index (χ0v) is 18.4. The summed E-state index contributed by atoms with van der Waals surface area (Å²) >= 11 is 0. The van der Waals surface area contributed by atoms with Crippen LogP contribution in [0.15, 0.2) is 71.9 Å². The number of fused-ring (bicyclic) bond motifs is 1. The van der Waals surface area contributed by atoms with Crippen LogP contribution in [0.1, 0.15) is 16.7 Å². The van der Waals surface area contributed by atoms with E-state index in [-0.39, 0.29) is 23.7 Å². The Bertz CT molecular complexity index is 1440. The summed E-state index contributed by atoms with van der Waals surface area (Å²) in [4.78, 5) is 39.5. The van der Waals surface area contributed by atoms with Gasteiger partial charge in [-0.3, -0.25) is 24.3 Å². The van der Waals surface area contributed by atoms with Gasteiger partial charge < -0.3 is 5.32 Å². The molecule has 4 aromatic rings. The molecule has 0 unspecified atom stereocenters. The van der Waals surface area contributed by atoms with Crippen molar-refractivity contribution in [2.24, 2.45) is 0 Å². The lowest BCUT2D eigenvalue weighted by atomic mass is 10.1. The van der Waals surface area contributed by atoms with E-state index in [1.165, 1.54) is 30.7 Å². The Hall–Kier alpha value is -4.60. The van der Waals surface area contributed by atoms with Crippen molar-refractivity contribution in [2.75, 3.05) is 6.54 Å². The number of nitro benzene ring substituents is 1. The van der Waals surface area contributed by atoms with Crippen LogP contribution in [0.2, 0.25) is 0 Å². The van der Waals surface area contributed by atoms with Crippen LogP contribution in [0.5, 0.6) is 0 Å². The van der Waals surface area contributed by atoms with Crippen molar-refractivity contribution in [1.29, 1.82) is 0 Å². The molecule has 2 aromatic carbocycles. The SMILES string of the molecule is Cc1cccc(Cn2cnc3c(cnn3CCNC(=O)/C=C\c3ccc([N+](=O)[O-])cc3)c2=O)c1. The Labute approximate surface area is 194 Å². The Morgan fingerprint density at radius 2 is 2.00 bits per heavy atom. The van der Waals surface area contributed by atoms with Crippen LogP contribution in [-0.2, 0) is 17.9 Å². The molecule has 0 saturated carbocycles. The van der Waals surface area contributed by atoms with E-state index in [1.54, 1.807) is 27.5 Å². The highest BCUT2D eigenvalue weighted by Gasteiger charge is 2.11. The van der Waals surface area contributed by atoms with Crippen molar-refractivity contribution in [3.63, 3.8) is 0 Å². The standard InChI is InChI=1S/C24H22N6O4/c1-17-3-2-4-19(13-17)15-28-16-26-23-21(24(28)32)14-27-29(23)12-11-25-22(31)10-7-18-5-8-20(9-6-18)30(33)34/h2-10,13-14,16H,11-12,15H2,1H3,(H,25,31)/b10-7-. The molecule has 2 heterocycles. The Balaban J connectivity index is 1.36. The van der Waals surface area contributed by atoms with Gasteiger partial charge in [-0.15, -0.1) is 0 Å². The number of non-ortho nitro benzene ring substituents is 1. The smallest absolute Gasteiger partial charge is 0.269 e. The van der Waals surface area contributed by atoms with E-state index in [2.05, 4.69) is 15.4 Å². The lowest BCUT2D eigenvalue weighted by molar-refractivity contribution is -0.384. The van der Waals surface area contributed by atoms with Gasteiger partial charge in [0.1, 0.15) is 11.7 Å². The fourth-order valence-corrected chi connectivity index (χ4v) is 3.50. The van der Waals surface area contributed by atoms with Crippen molar-refractivity contribution in [3.05, 3.63) is 104 Å². The van der Waals surface area contributed by atoms with Crippen molar-refractivity contribution in [1.82, 2.24) is 24.6 Å². The van der Waals surface area contributed by atoms with E-state index in [0.29, 0.717) is 29.7 Å². The fourth-order valence-electron chi connectivity index (χ4n) is 3.50. The van der Waals surface area contributed by atoms with Crippen molar-refractivity contribution >= 4 is 28.7 Å². The average Bonchev–Trinajstić information content (AvgIpc) is 3.23. The van der Waals surface area contributed by atoms with Gasteiger partial charge in [-0.25, -0.2) is 9.67 Å². The predicted octanol–water partition coefficient (Wildman–Crippen LogP) is 2.69. The normalized spacial score (nSPS) is 11.2. The number of hydrogen-bond acceptors (Lipinski definition) is 6. The third kappa shape index (κ3) is 5.23. The van der Waals surface area contributed by atoms with Crippen LogP contribution in [0.4, 0.5) is 5.69 Å². The van der Waals surface area contributed by atoms with E-state index < -0.39 is 4.92 Å². The van der Waals surface area contributed by atoms with Gasteiger partial charge in [-0.2, -0.15) is 5.10 Å². The largest absolute Gasteiger partial charge is 0.351 e. The first-order chi connectivity index (χ1) is 16.4. The van der Waals surface area contributed by atoms with Crippen molar-refractivity contribution in [3.8, 4) is 0 Å². The minimum Gasteiger partial charge on any atom is -0.351 e. The molecule has 0 radical (unpaired) electrons. The number of carbonyl (C=O) groups is 1. The molecule has 0 aliphatic heterocycles. The fraction of sp³-hybridized carbons (Fsp3) is 0.167. The maximum Gasteiger partial charge on any atom is 0.269 e. The summed E-state index contributed by atoms with van der Waals surface area (Å²) in [5.41, 5.74) is 3.08. The number of aromatic nitrogens is 4. The molecule has 0 aliphatic carbocycles. The highest BCUT2D eigenvalue weighted by atomic mass is 16.6. The molecule has 1 N–H and O–H groups in total. The molecular formula is C24H22N6O4. The minimum absolute atomic E-state index is 0.0106. The molecule has 2 aromatic heterocycles. The van der Waals surface area contributed by atoms with Gasteiger partial charge in [0.2, 0.25) is 5.91 Å². The molecule has 0 aliphatic rings. The number of amides is 1. The first-order valence-corrected chi connectivity index (χ1v) is 10.6. The molecule has 34 heavy (non-hydrogen) atoms. The van der Waals surface area contributed by atoms with Crippen molar-refractivity contribution < 1.29 is 9.72 Å². The zero-order chi connectivity index (χ0) is 24.1. The molecule has 0 spiro atoms. The molecular weight excluding hydrogens is 436 g/mol. The summed E-state index contributed by atoms with van der Waals surface area (Å²) in [6, 6.07) is 13.8. The van der Waals surface area contributed by atoms with Gasteiger partial charge >= 0.3 is 0 Å². The number of benzene rings is 2. The van der Waals surface area contributed by atoms with Crippen LogP contribution >= 0.6 is 0 Å². The molecule has 4 rings (SSSR count). The maximum absolute atomic E-state index is 12.8. The number of aryl methyl sites for hydroxylation is 1. The molecule has 0 atom stereocenters. The number of nitrogens with zero attached hydrogens (tertiary/aromatic N) is 5. The summed E-state index contributed by atoms with van der Waals surface area (Å²) in [5, 5.41) is 18.1. The van der Waals surface area contributed by atoms with Gasteiger partial charge in [-0.1, -0.05) is 29.8 Å². The third-order valence-corrected chi connectivity index (χ3v) is 5.21. The third-order valence-electron chi connectivity index (χ3n) is 5.21. The Morgan fingerprint density at radius 1 is 1.21 bits per heavy atom.